The number of nitrogens with one attached hydrogen (secondary N) is 1. The summed E-state index contributed by atoms with van der Waals surface area (Å²) in [5.74, 6) is 0.649. The Morgan fingerprint density at radius 1 is 1.18 bits per heavy atom. The molecule has 0 aliphatic carbocycles. The molecule has 4 atom stereocenters. The standard InChI is InChI=1S/C14H28N2O/c1-10(2)14-7-13(5-6-17-14)16-8-11(3)15-12(4)9-16/h10-15H,5-9H2,1-4H3. The lowest BCUT2D eigenvalue weighted by Crippen LogP contribution is -2.58. The van der Waals surface area contributed by atoms with Crippen LogP contribution in [0.15, 0.2) is 0 Å². The largest absolute Gasteiger partial charge is 0.378 e. The number of hydrogen-bond acceptors (Lipinski definition) is 3. The fraction of sp³-hybridized carbons (Fsp3) is 1.00. The molecule has 2 heterocycles. The van der Waals surface area contributed by atoms with E-state index in [9.17, 15) is 0 Å². The Morgan fingerprint density at radius 2 is 1.82 bits per heavy atom. The maximum absolute atomic E-state index is 5.87. The molecular weight excluding hydrogens is 212 g/mol. The molecule has 1 N–H and O–H groups in total. The van der Waals surface area contributed by atoms with Crippen LogP contribution in [0.4, 0.5) is 0 Å². The minimum Gasteiger partial charge on any atom is -0.378 e. The molecule has 2 fully saturated rings. The molecule has 4 unspecified atom stereocenters. The van der Waals surface area contributed by atoms with Gasteiger partial charge in [0.2, 0.25) is 0 Å². The Bertz CT molecular complexity index is 234. The summed E-state index contributed by atoms with van der Waals surface area (Å²) < 4.78 is 5.87. The van der Waals surface area contributed by atoms with Crippen molar-refractivity contribution >= 4 is 0 Å². The van der Waals surface area contributed by atoms with Gasteiger partial charge in [-0.25, -0.2) is 0 Å². The van der Waals surface area contributed by atoms with Crippen molar-refractivity contribution < 1.29 is 4.74 Å². The number of hydrogen-bond donors (Lipinski definition) is 1. The first-order valence-corrected chi connectivity index (χ1v) is 7.18. The van der Waals surface area contributed by atoms with Crippen LogP contribution in [0.1, 0.15) is 40.5 Å². The summed E-state index contributed by atoms with van der Waals surface area (Å²) in [5, 5.41) is 3.61. The van der Waals surface area contributed by atoms with Crippen LogP contribution >= 0.6 is 0 Å². The Labute approximate surface area is 106 Å². The maximum Gasteiger partial charge on any atom is 0.0612 e. The molecule has 0 bridgehead atoms. The first-order chi connectivity index (χ1) is 8.06. The van der Waals surface area contributed by atoms with E-state index < -0.39 is 0 Å². The molecule has 0 spiro atoms. The van der Waals surface area contributed by atoms with Gasteiger partial charge in [-0.05, 0) is 32.6 Å². The minimum absolute atomic E-state index is 0.467. The Hall–Kier alpha value is -0.120. The van der Waals surface area contributed by atoms with E-state index in [-0.39, 0.29) is 0 Å². The van der Waals surface area contributed by atoms with Crippen molar-refractivity contribution in [3.8, 4) is 0 Å². The molecule has 0 aromatic rings. The smallest absolute Gasteiger partial charge is 0.0612 e. The van der Waals surface area contributed by atoms with Crippen LogP contribution in [0.5, 0.6) is 0 Å². The van der Waals surface area contributed by atoms with Crippen LogP contribution in [0.3, 0.4) is 0 Å². The first kappa shape index (κ1) is 13.3. The third-order valence-electron chi connectivity index (χ3n) is 4.13. The molecule has 2 saturated heterocycles. The average Bonchev–Trinajstić information content (AvgIpc) is 2.28. The van der Waals surface area contributed by atoms with E-state index in [2.05, 4.69) is 37.9 Å². The van der Waals surface area contributed by atoms with Gasteiger partial charge in [0.05, 0.1) is 6.10 Å². The second-order valence-corrected chi connectivity index (χ2v) is 6.25. The summed E-state index contributed by atoms with van der Waals surface area (Å²) >= 11 is 0. The highest BCUT2D eigenvalue weighted by Crippen LogP contribution is 2.25. The van der Waals surface area contributed by atoms with Crippen molar-refractivity contribution in [2.75, 3.05) is 19.7 Å². The molecule has 2 aliphatic heterocycles. The van der Waals surface area contributed by atoms with Crippen molar-refractivity contribution in [1.29, 1.82) is 0 Å². The molecule has 100 valence electrons. The topological polar surface area (TPSA) is 24.5 Å². The highest BCUT2D eigenvalue weighted by molar-refractivity contribution is 4.88. The summed E-state index contributed by atoms with van der Waals surface area (Å²) in [6, 6.07) is 1.99. The van der Waals surface area contributed by atoms with E-state index in [0.29, 0.717) is 24.1 Å². The molecular formula is C14H28N2O. The normalized spacial score (nSPS) is 40.8. The van der Waals surface area contributed by atoms with Crippen molar-refractivity contribution in [3.05, 3.63) is 0 Å². The highest BCUT2D eigenvalue weighted by Gasteiger charge is 2.32. The van der Waals surface area contributed by atoms with E-state index in [1.54, 1.807) is 0 Å². The van der Waals surface area contributed by atoms with Gasteiger partial charge in [0.25, 0.3) is 0 Å². The third-order valence-corrected chi connectivity index (χ3v) is 4.13. The Kier molecular flexibility index (Phi) is 4.45. The van der Waals surface area contributed by atoms with Crippen LogP contribution in [-0.4, -0.2) is 48.8 Å². The number of ether oxygens (including phenoxy) is 1. The molecule has 3 nitrogen and oxygen atoms in total. The Morgan fingerprint density at radius 3 is 2.41 bits per heavy atom. The fourth-order valence-corrected chi connectivity index (χ4v) is 3.27. The molecule has 3 heteroatoms. The quantitative estimate of drug-likeness (QED) is 0.797. The maximum atomic E-state index is 5.87. The van der Waals surface area contributed by atoms with Crippen molar-refractivity contribution in [2.45, 2.75) is 64.8 Å². The molecule has 17 heavy (non-hydrogen) atoms. The van der Waals surface area contributed by atoms with Gasteiger partial charge in [-0.15, -0.1) is 0 Å². The van der Waals surface area contributed by atoms with E-state index in [4.69, 9.17) is 4.74 Å². The lowest BCUT2D eigenvalue weighted by Gasteiger charge is -2.44. The highest BCUT2D eigenvalue weighted by atomic mass is 16.5. The summed E-state index contributed by atoms with van der Waals surface area (Å²) in [6.45, 7) is 12.5. The summed E-state index contributed by atoms with van der Waals surface area (Å²) in [5.41, 5.74) is 0. The summed E-state index contributed by atoms with van der Waals surface area (Å²) in [4.78, 5) is 2.68. The molecule has 0 saturated carbocycles. The lowest BCUT2D eigenvalue weighted by atomic mass is 9.93. The van der Waals surface area contributed by atoms with Crippen LogP contribution in [0, 0.1) is 5.92 Å². The lowest BCUT2D eigenvalue weighted by molar-refractivity contribution is -0.0545. The van der Waals surface area contributed by atoms with Crippen LogP contribution in [0.25, 0.3) is 0 Å². The number of piperazine rings is 1. The van der Waals surface area contributed by atoms with Crippen LogP contribution in [-0.2, 0) is 4.74 Å². The third kappa shape index (κ3) is 3.43. The fourth-order valence-electron chi connectivity index (χ4n) is 3.27. The average molecular weight is 240 g/mol. The minimum atomic E-state index is 0.467. The second-order valence-electron chi connectivity index (χ2n) is 6.25. The molecule has 0 aromatic heterocycles. The van der Waals surface area contributed by atoms with Crippen molar-refractivity contribution in [2.24, 2.45) is 5.92 Å². The van der Waals surface area contributed by atoms with E-state index in [1.807, 2.05) is 0 Å². The zero-order valence-corrected chi connectivity index (χ0v) is 11.8. The van der Waals surface area contributed by atoms with Gasteiger partial charge in [0.15, 0.2) is 0 Å². The van der Waals surface area contributed by atoms with Crippen molar-refractivity contribution in [1.82, 2.24) is 10.2 Å². The van der Waals surface area contributed by atoms with Crippen LogP contribution < -0.4 is 5.32 Å². The van der Waals surface area contributed by atoms with E-state index in [1.165, 1.54) is 25.9 Å². The molecule has 2 aliphatic rings. The second kappa shape index (κ2) is 5.68. The number of nitrogens with zero attached hydrogens (tertiary/aromatic N) is 1. The van der Waals surface area contributed by atoms with Gasteiger partial charge >= 0.3 is 0 Å². The molecule has 0 amide bonds. The van der Waals surface area contributed by atoms with Gasteiger partial charge in [-0.2, -0.15) is 0 Å². The van der Waals surface area contributed by atoms with Crippen LogP contribution in [0.2, 0.25) is 0 Å². The SMILES string of the molecule is CC1CN(C2CCOC(C(C)C)C2)CC(C)N1. The zero-order valence-electron chi connectivity index (χ0n) is 11.8. The van der Waals surface area contributed by atoms with E-state index >= 15 is 0 Å². The van der Waals surface area contributed by atoms with Gasteiger partial charge in [-0.1, -0.05) is 13.8 Å². The summed E-state index contributed by atoms with van der Waals surface area (Å²) in [7, 11) is 0. The summed E-state index contributed by atoms with van der Waals surface area (Å²) in [6.07, 6.45) is 2.90. The first-order valence-electron chi connectivity index (χ1n) is 7.18. The predicted octanol–water partition coefficient (Wildman–Crippen LogP) is 1.87. The van der Waals surface area contributed by atoms with Gasteiger partial charge in [0, 0.05) is 37.8 Å². The van der Waals surface area contributed by atoms with Gasteiger partial charge in [0.1, 0.15) is 0 Å². The molecule has 2 rings (SSSR count). The van der Waals surface area contributed by atoms with E-state index in [0.717, 1.165) is 12.6 Å². The van der Waals surface area contributed by atoms with Crippen molar-refractivity contribution in [3.63, 3.8) is 0 Å². The van der Waals surface area contributed by atoms with Gasteiger partial charge in [-0.3, -0.25) is 4.90 Å². The zero-order chi connectivity index (χ0) is 12.4. The monoisotopic (exact) mass is 240 g/mol. The van der Waals surface area contributed by atoms with Gasteiger partial charge < -0.3 is 10.1 Å². The predicted molar refractivity (Wildman–Crippen MR) is 71.2 cm³/mol. The Balaban J connectivity index is 1.92. The number of rotatable bonds is 2. The molecule has 0 radical (unpaired) electrons. The molecule has 0 aromatic carbocycles.